The molecule has 2 heterocycles. The highest BCUT2D eigenvalue weighted by Gasteiger charge is 2.23. The quantitative estimate of drug-likeness (QED) is 0.514. The van der Waals surface area contributed by atoms with Crippen LogP contribution in [-0.4, -0.2) is 29.8 Å². The van der Waals surface area contributed by atoms with Crippen LogP contribution in [0, 0.1) is 0 Å². The summed E-state index contributed by atoms with van der Waals surface area (Å²) in [5, 5.41) is 1.92. The van der Waals surface area contributed by atoms with Crippen molar-refractivity contribution in [1.82, 2.24) is 15.8 Å². The van der Waals surface area contributed by atoms with Crippen molar-refractivity contribution < 1.29 is 4.79 Å². The van der Waals surface area contributed by atoms with Crippen molar-refractivity contribution >= 4 is 17.7 Å². The predicted molar refractivity (Wildman–Crippen MR) is 43.4 cm³/mol. The van der Waals surface area contributed by atoms with E-state index in [1.807, 2.05) is 10.3 Å². The second-order valence-corrected chi connectivity index (χ2v) is 3.40. The SMILES string of the molecule is O=C1NNCN2CCSC=C12. The standard InChI is InChI=1S/C6H9N3OS/c10-6-5-3-11-2-1-9(5)4-7-8-6/h3,7H,1-2,4H2,(H,8,10). The number of thioether (sulfide) groups is 1. The summed E-state index contributed by atoms with van der Waals surface area (Å²) in [6.07, 6.45) is 0. The van der Waals surface area contributed by atoms with E-state index in [9.17, 15) is 4.79 Å². The number of hydrogen-bond acceptors (Lipinski definition) is 4. The van der Waals surface area contributed by atoms with Crippen LogP contribution in [-0.2, 0) is 4.79 Å². The summed E-state index contributed by atoms with van der Waals surface area (Å²) in [7, 11) is 0. The monoisotopic (exact) mass is 171 g/mol. The first-order valence-electron chi connectivity index (χ1n) is 3.48. The third-order valence-corrected chi connectivity index (χ3v) is 2.53. The molecule has 11 heavy (non-hydrogen) atoms. The van der Waals surface area contributed by atoms with Gasteiger partial charge in [0.05, 0.1) is 6.67 Å². The van der Waals surface area contributed by atoms with Crippen LogP contribution in [0.4, 0.5) is 0 Å². The lowest BCUT2D eigenvalue weighted by Gasteiger charge is -2.33. The number of hydrogen-bond donors (Lipinski definition) is 2. The lowest BCUT2D eigenvalue weighted by Crippen LogP contribution is -2.54. The van der Waals surface area contributed by atoms with E-state index in [0.29, 0.717) is 0 Å². The van der Waals surface area contributed by atoms with Crippen molar-refractivity contribution in [3.05, 3.63) is 11.1 Å². The van der Waals surface area contributed by atoms with Crippen LogP contribution in [0.2, 0.25) is 0 Å². The van der Waals surface area contributed by atoms with Gasteiger partial charge in [-0.2, -0.15) is 0 Å². The summed E-state index contributed by atoms with van der Waals surface area (Å²) in [5.74, 6) is 1.04. The smallest absolute Gasteiger partial charge is 0.282 e. The van der Waals surface area contributed by atoms with Gasteiger partial charge in [0.2, 0.25) is 0 Å². The highest BCUT2D eigenvalue weighted by atomic mass is 32.2. The Kier molecular flexibility index (Phi) is 1.75. The van der Waals surface area contributed by atoms with Crippen LogP contribution in [0.3, 0.4) is 0 Å². The second kappa shape index (κ2) is 2.75. The summed E-state index contributed by atoms with van der Waals surface area (Å²) < 4.78 is 0. The number of hydrazine groups is 1. The number of nitrogens with zero attached hydrogens (tertiary/aromatic N) is 1. The minimum atomic E-state index is -0.0246. The zero-order valence-corrected chi connectivity index (χ0v) is 6.78. The van der Waals surface area contributed by atoms with Gasteiger partial charge in [-0.15, -0.1) is 11.8 Å². The third kappa shape index (κ3) is 1.21. The molecule has 1 amide bonds. The Bertz CT molecular complexity index is 216. The molecule has 2 aliphatic rings. The molecule has 0 aliphatic carbocycles. The maximum atomic E-state index is 11.1. The fraction of sp³-hybridized carbons (Fsp3) is 0.500. The molecule has 2 aliphatic heterocycles. The lowest BCUT2D eigenvalue weighted by atomic mass is 10.3. The Labute approximate surface area is 69.0 Å². The minimum Gasteiger partial charge on any atom is -0.351 e. The van der Waals surface area contributed by atoms with Crippen LogP contribution in [0.15, 0.2) is 11.1 Å². The Morgan fingerprint density at radius 2 is 2.55 bits per heavy atom. The van der Waals surface area contributed by atoms with Gasteiger partial charge >= 0.3 is 0 Å². The summed E-state index contributed by atoms with van der Waals surface area (Å²) >= 11 is 1.69. The van der Waals surface area contributed by atoms with E-state index in [-0.39, 0.29) is 5.91 Å². The molecule has 0 radical (unpaired) electrons. The maximum absolute atomic E-state index is 11.1. The number of fused-ring (bicyclic) bond motifs is 1. The maximum Gasteiger partial charge on any atom is 0.282 e. The van der Waals surface area contributed by atoms with Gasteiger partial charge < -0.3 is 4.90 Å². The molecule has 5 heteroatoms. The lowest BCUT2D eigenvalue weighted by molar-refractivity contribution is -0.122. The molecule has 0 aromatic rings. The van der Waals surface area contributed by atoms with Crippen molar-refractivity contribution in [2.24, 2.45) is 0 Å². The van der Waals surface area contributed by atoms with Gasteiger partial charge in [-0.05, 0) is 0 Å². The third-order valence-electron chi connectivity index (χ3n) is 1.72. The Morgan fingerprint density at radius 3 is 3.36 bits per heavy atom. The topological polar surface area (TPSA) is 44.4 Å². The molecule has 2 N–H and O–H groups in total. The molecule has 0 unspecified atom stereocenters. The van der Waals surface area contributed by atoms with E-state index in [4.69, 9.17) is 0 Å². The van der Waals surface area contributed by atoms with Gasteiger partial charge in [-0.1, -0.05) is 0 Å². The van der Waals surface area contributed by atoms with Crippen molar-refractivity contribution in [2.75, 3.05) is 19.0 Å². The van der Waals surface area contributed by atoms with Crippen molar-refractivity contribution in [2.45, 2.75) is 0 Å². The van der Waals surface area contributed by atoms with Crippen molar-refractivity contribution in [3.63, 3.8) is 0 Å². The molecule has 1 saturated heterocycles. The van der Waals surface area contributed by atoms with Gasteiger partial charge in [0.25, 0.3) is 5.91 Å². The van der Waals surface area contributed by atoms with E-state index in [0.717, 1.165) is 24.7 Å². The fourth-order valence-corrected chi connectivity index (χ4v) is 1.99. The first-order valence-corrected chi connectivity index (χ1v) is 4.53. The Balaban J connectivity index is 2.21. The summed E-state index contributed by atoms with van der Waals surface area (Å²) in [6.45, 7) is 1.68. The molecule has 60 valence electrons. The zero-order valence-electron chi connectivity index (χ0n) is 5.96. The van der Waals surface area contributed by atoms with E-state index in [1.165, 1.54) is 0 Å². The molecular formula is C6H9N3OS. The molecule has 0 atom stereocenters. The number of rotatable bonds is 0. The Hall–Kier alpha value is -0.680. The number of nitrogens with one attached hydrogen (secondary N) is 2. The average Bonchev–Trinajstić information content (AvgIpc) is 2.06. The highest BCUT2D eigenvalue weighted by molar-refractivity contribution is 8.02. The molecule has 1 fully saturated rings. The second-order valence-electron chi connectivity index (χ2n) is 2.43. The van der Waals surface area contributed by atoms with E-state index >= 15 is 0 Å². The largest absolute Gasteiger partial charge is 0.351 e. The van der Waals surface area contributed by atoms with Crippen LogP contribution in [0.1, 0.15) is 0 Å². The molecule has 0 aromatic carbocycles. The molecular weight excluding hydrogens is 162 g/mol. The van der Waals surface area contributed by atoms with E-state index < -0.39 is 0 Å². The molecule has 0 spiro atoms. The van der Waals surface area contributed by atoms with Gasteiger partial charge in [-0.3, -0.25) is 10.2 Å². The van der Waals surface area contributed by atoms with E-state index in [2.05, 4.69) is 10.9 Å². The van der Waals surface area contributed by atoms with Crippen LogP contribution < -0.4 is 10.9 Å². The predicted octanol–water partition coefficient (Wildman–Crippen LogP) is -0.532. The van der Waals surface area contributed by atoms with Gasteiger partial charge in [-0.25, -0.2) is 5.43 Å². The van der Waals surface area contributed by atoms with Crippen LogP contribution >= 0.6 is 11.8 Å². The Morgan fingerprint density at radius 1 is 1.64 bits per heavy atom. The number of carbonyl (C=O) groups excluding carboxylic acids is 1. The minimum absolute atomic E-state index is 0.0246. The van der Waals surface area contributed by atoms with Gasteiger partial charge in [0.15, 0.2) is 0 Å². The average molecular weight is 171 g/mol. The zero-order chi connectivity index (χ0) is 7.68. The molecule has 0 aromatic heterocycles. The highest BCUT2D eigenvalue weighted by Crippen LogP contribution is 2.18. The van der Waals surface area contributed by atoms with Gasteiger partial charge in [0.1, 0.15) is 5.70 Å². The fourth-order valence-electron chi connectivity index (χ4n) is 1.14. The van der Waals surface area contributed by atoms with Crippen molar-refractivity contribution in [3.8, 4) is 0 Å². The summed E-state index contributed by atoms with van der Waals surface area (Å²) in [4.78, 5) is 13.2. The first-order chi connectivity index (χ1) is 5.38. The first kappa shape index (κ1) is 7.00. The van der Waals surface area contributed by atoms with Crippen LogP contribution in [0.25, 0.3) is 0 Å². The van der Waals surface area contributed by atoms with Crippen molar-refractivity contribution in [1.29, 1.82) is 0 Å². The molecule has 0 bridgehead atoms. The normalized spacial score (nSPS) is 23.8. The van der Waals surface area contributed by atoms with Crippen LogP contribution in [0.5, 0.6) is 0 Å². The summed E-state index contributed by atoms with van der Waals surface area (Å²) in [5.41, 5.74) is 6.17. The molecule has 0 saturated carbocycles. The summed E-state index contributed by atoms with van der Waals surface area (Å²) in [6, 6.07) is 0. The van der Waals surface area contributed by atoms with E-state index in [1.54, 1.807) is 11.8 Å². The number of carbonyl (C=O) groups is 1. The van der Waals surface area contributed by atoms with Gasteiger partial charge in [0, 0.05) is 17.7 Å². The molecule has 4 nitrogen and oxygen atoms in total. The number of amides is 1. The molecule has 2 rings (SSSR count).